The highest BCUT2D eigenvalue weighted by Gasteiger charge is 2.22. The van der Waals surface area contributed by atoms with E-state index < -0.39 is 0 Å². The lowest BCUT2D eigenvalue weighted by molar-refractivity contribution is -0.139. The molecular weight excluding hydrogens is 290 g/mol. The smallest absolute Gasteiger partial charge is 0.318 e. The first kappa shape index (κ1) is 15.6. The topological polar surface area (TPSA) is 73.2 Å². The van der Waals surface area contributed by atoms with Crippen LogP contribution in [0.25, 0.3) is 5.03 Å². The molecule has 0 aromatic carbocycles. The predicted molar refractivity (Wildman–Crippen MR) is 84.3 cm³/mol. The summed E-state index contributed by atoms with van der Waals surface area (Å²) in [7, 11) is 1.38. The van der Waals surface area contributed by atoms with Crippen molar-refractivity contribution in [3.05, 3.63) is 28.2 Å². The standard InChI is InChI=1S/C14H19N3O3S/c1-4-5-10-8-11(18)16-14-15-7-6-12(17(10)14)21-9(2)13(19)20-3/h6,8-9H,4-5,7H2,1-3H3,(H,15,16,18). The summed E-state index contributed by atoms with van der Waals surface area (Å²) in [5.41, 5.74) is 0.653. The Morgan fingerprint density at radius 2 is 2.38 bits per heavy atom. The molecule has 2 heterocycles. The van der Waals surface area contributed by atoms with Gasteiger partial charge in [0.2, 0.25) is 5.95 Å². The molecule has 1 aromatic heterocycles. The largest absolute Gasteiger partial charge is 0.468 e. The van der Waals surface area contributed by atoms with E-state index in [0.717, 1.165) is 23.6 Å². The lowest BCUT2D eigenvalue weighted by Crippen LogP contribution is -2.25. The summed E-state index contributed by atoms with van der Waals surface area (Å²) in [4.78, 5) is 27.3. The summed E-state index contributed by atoms with van der Waals surface area (Å²) < 4.78 is 6.68. The molecule has 114 valence electrons. The number of nitrogens with zero attached hydrogens (tertiary/aromatic N) is 2. The van der Waals surface area contributed by atoms with Crippen LogP contribution in [0.5, 0.6) is 0 Å². The van der Waals surface area contributed by atoms with Crippen molar-refractivity contribution < 1.29 is 9.53 Å². The van der Waals surface area contributed by atoms with Crippen molar-refractivity contribution in [1.29, 1.82) is 0 Å². The number of esters is 1. The number of carbonyl (C=O) groups is 1. The molecule has 0 radical (unpaired) electrons. The van der Waals surface area contributed by atoms with Crippen LogP contribution in [0.15, 0.2) is 16.9 Å². The van der Waals surface area contributed by atoms with Gasteiger partial charge in [-0.3, -0.25) is 14.2 Å². The molecule has 1 aliphatic heterocycles. The highest BCUT2D eigenvalue weighted by Crippen LogP contribution is 2.32. The van der Waals surface area contributed by atoms with Crippen LogP contribution in [0.3, 0.4) is 0 Å². The molecule has 0 fully saturated rings. The Balaban J connectivity index is 2.38. The van der Waals surface area contributed by atoms with Crippen molar-refractivity contribution in [2.75, 3.05) is 19.0 Å². The first-order valence-corrected chi connectivity index (χ1v) is 7.76. The highest BCUT2D eigenvalue weighted by molar-refractivity contribution is 8.09. The maximum Gasteiger partial charge on any atom is 0.318 e. The lowest BCUT2D eigenvalue weighted by atomic mass is 10.2. The van der Waals surface area contributed by atoms with Crippen molar-refractivity contribution >= 4 is 28.7 Å². The molecule has 6 nitrogen and oxygen atoms in total. The van der Waals surface area contributed by atoms with Gasteiger partial charge >= 0.3 is 5.97 Å². The van der Waals surface area contributed by atoms with Crippen LogP contribution < -0.4 is 10.9 Å². The second kappa shape index (κ2) is 6.80. The fourth-order valence-corrected chi connectivity index (χ4v) is 3.19. The second-order valence-corrected chi connectivity index (χ2v) is 6.06. The van der Waals surface area contributed by atoms with E-state index in [-0.39, 0.29) is 16.8 Å². The van der Waals surface area contributed by atoms with E-state index in [4.69, 9.17) is 4.74 Å². The number of hydrogen-bond acceptors (Lipinski definition) is 6. The lowest BCUT2D eigenvalue weighted by Gasteiger charge is -2.24. The number of aromatic nitrogens is 2. The SMILES string of the molecule is CCCc1cc(=O)nc2n1C(SC(C)C(=O)OC)=CCN2. The number of ether oxygens (including phenoxy) is 1. The summed E-state index contributed by atoms with van der Waals surface area (Å²) in [6.07, 6.45) is 3.69. The Hall–Kier alpha value is -1.76. The number of aryl methyl sites for hydroxylation is 1. The van der Waals surface area contributed by atoms with E-state index in [2.05, 4.69) is 17.2 Å². The molecule has 0 bridgehead atoms. The van der Waals surface area contributed by atoms with Gasteiger partial charge in [-0.25, -0.2) is 0 Å². The molecule has 1 N–H and O–H groups in total. The molecule has 1 aromatic rings. The van der Waals surface area contributed by atoms with Crippen molar-refractivity contribution in [1.82, 2.24) is 9.55 Å². The molecule has 7 heteroatoms. The summed E-state index contributed by atoms with van der Waals surface area (Å²) in [5, 5.41) is 3.68. The van der Waals surface area contributed by atoms with Crippen molar-refractivity contribution in [2.24, 2.45) is 0 Å². The Bertz CT molecular complexity index is 624. The quantitative estimate of drug-likeness (QED) is 0.835. The first-order chi connectivity index (χ1) is 10.1. The number of fused-ring (bicyclic) bond motifs is 1. The van der Waals surface area contributed by atoms with Gasteiger partial charge in [0, 0.05) is 18.3 Å². The normalized spacial score (nSPS) is 14.7. The number of carbonyl (C=O) groups excluding carboxylic acids is 1. The third-order valence-corrected chi connectivity index (χ3v) is 4.24. The monoisotopic (exact) mass is 309 g/mol. The third-order valence-electron chi connectivity index (χ3n) is 3.10. The number of hydrogen-bond donors (Lipinski definition) is 1. The Morgan fingerprint density at radius 1 is 1.62 bits per heavy atom. The zero-order chi connectivity index (χ0) is 15.4. The summed E-state index contributed by atoms with van der Waals surface area (Å²) in [5.74, 6) is 0.264. The molecule has 0 aliphatic carbocycles. The van der Waals surface area contributed by atoms with E-state index in [9.17, 15) is 9.59 Å². The zero-order valence-corrected chi connectivity index (χ0v) is 13.2. The minimum atomic E-state index is -0.318. The van der Waals surface area contributed by atoms with Crippen LogP contribution in [0.2, 0.25) is 0 Å². The molecule has 21 heavy (non-hydrogen) atoms. The Labute approximate surface area is 127 Å². The van der Waals surface area contributed by atoms with Crippen molar-refractivity contribution in [2.45, 2.75) is 31.9 Å². The maximum absolute atomic E-state index is 11.7. The molecule has 2 rings (SSSR count). The van der Waals surface area contributed by atoms with Gasteiger partial charge in [0.05, 0.1) is 12.1 Å². The van der Waals surface area contributed by atoms with Crippen LogP contribution in [0.4, 0.5) is 5.95 Å². The van der Waals surface area contributed by atoms with E-state index in [1.54, 1.807) is 13.0 Å². The summed E-state index contributed by atoms with van der Waals surface area (Å²) in [6, 6.07) is 1.55. The fraction of sp³-hybridized carbons (Fsp3) is 0.500. The average Bonchev–Trinajstić information content (AvgIpc) is 2.46. The van der Waals surface area contributed by atoms with Crippen LogP contribution in [-0.4, -0.2) is 34.4 Å². The molecule has 0 saturated heterocycles. The molecule has 1 unspecified atom stereocenters. The van der Waals surface area contributed by atoms with Gasteiger partial charge in [-0.05, 0) is 19.4 Å². The van der Waals surface area contributed by atoms with E-state index in [1.165, 1.54) is 18.9 Å². The van der Waals surface area contributed by atoms with Gasteiger partial charge in [0.25, 0.3) is 5.56 Å². The molecule has 0 spiro atoms. The van der Waals surface area contributed by atoms with Crippen LogP contribution in [-0.2, 0) is 16.0 Å². The Morgan fingerprint density at radius 3 is 3.05 bits per heavy atom. The number of methoxy groups -OCH3 is 1. The number of thioether (sulfide) groups is 1. The highest BCUT2D eigenvalue weighted by atomic mass is 32.2. The number of rotatable bonds is 5. The molecule has 1 aliphatic rings. The Kier molecular flexibility index (Phi) is 5.06. The fourth-order valence-electron chi connectivity index (χ4n) is 2.15. The minimum absolute atomic E-state index is 0.246. The van der Waals surface area contributed by atoms with Gasteiger partial charge < -0.3 is 10.1 Å². The van der Waals surface area contributed by atoms with Crippen LogP contribution >= 0.6 is 11.8 Å². The third kappa shape index (κ3) is 3.47. The van der Waals surface area contributed by atoms with E-state index in [1.807, 2.05) is 10.6 Å². The second-order valence-electron chi connectivity index (χ2n) is 4.70. The number of anilines is 1. The van der Waals surface area contributed by atoms with Gasteiger partial charge in [0.1, 0.15) is 5.25 Å². The van der Waals surface area contributed by atoms with Crippen molar-refractivity contribution in [3.63, 3.8) is 0 Å². The number of nitrogens with one attached hydrogen (secondary N) is 1. The maximum atomic E-state index is 11.7. The molecule has 0 saturated carbocycles. The van der Waals surface area contributed by atoms with E-state index in [0.29, 0.717) is 12.5 Å². The van der Waals surface area contributed by atoms with E-state index >= 15 is 0 Å². The molecular formula is C14H19N3O3S. The molecule has 0 amide bonds. The van der Waals surface area contributed by atoms with Gasteiger partial charge in [-0.2, -0.15) is 4.98 Å². The van der Waals surface area contributed by atoms with Crippen LogP contribution in [0.1, 0.15) is 26.0 Å². The van der Waals surface area contributed by atoms with Crippen molar-refractivity contribution in [3.8, 4) is 0 Å². The average molecular weight is 309 g/mol. The summed E-state index contributed by atoms with van der Waals surface area (Å²) >= 11 is 1.41. The predicted octanol–water partition coefficient (Wildman–Crippen LogP) is 1.71. The van der Waals surface area contributed by atoms with Gasteiger partial charge in [0.15, 0.2) is 0 Å². The first-order valence-electron chi connectivity index (χ1n) is 6.88. The minimum Gasteiger partial charge on any atom is -0.468 e. The van der Waals surface area contributed by atoms with Crippen LogP contribution in [0, 0.1) is 0 Å². The van der Waals surface area contributed by atoms with Gasteiger partial charge in [-0.1, -0.05) is 25.1 Å². The molecule has 1 atom stereocenters. The zero-order valence-electron chi connectivity index (χ0n) is 12.4. The summed E-state index contributed by atoms with van der Waals surface area (Å²) in [6.45, 7) is 4.44. The van der Waals surface area contributed by atoms with Gasteiger partial charge in [-0.15, -0.1) is 0 Å².